The van der Waals surface area contributed by atoms with Crippen molar-refractivity contribution >= 4 is 11.8 Å². The van der Waals surface area contributed by atoms with Gasteiger partial charge in [0.25, 0.3) is 11.8 Å². The molecule has 0 radical (unpaired) electrons. The molecule has 7 nitrogen and oxygen atoms in total. The third-order valence-electron chi connectivity index (χ3n) is 6.40. The van der Waals surface area contributed by atoms with Crippen LogP contribution in [-0.4, -0.2) is 44.8 Å². The van der Waals surface area contributed by atoms with Gasteiger partial charge in [0.2, 0.25) is 0 Å². The van der Waals surface area contributed by atoms with Crippen molar-refractivity contribution in [2.24, 2.45) is 5.92 Å². The lowest BCUT2D eigenvalue weighted by atomic mass is 10.0. The summed E-state index contributed by atoms with van der Waals surface area (Å²) in [6, 6.07) is 10.2. The van der Waals surface area contributed by atoms with E-state index in [1.165, 1.54) is 12.8 Å². The second-order valence-corrected chi connectivity index (χ2v) is 8.45. The van der Waals surface area contributed by atoms with E-state index in [-0.39, 0.29) is 11.8 Å². The summed E-state index contributed by atoms with van der Waals surface area (Å²) in [5, 5.41) is 2.60. The van der Waals surface area contributed by atoms with E-state index < -0.39 is 0 Å². The number of fused-ring (bicyclic) bond motifs is 1. The van der Waals surface area contributed by atoms with Crippen LogP contribution in [0.15, 0.2) is 36.5 Å². The van der Waals surface area contributed by atoms with Gasteiger partial charge >= 0.3 is 0 Å². The van der Waals surface area contributed by atoms with Crippen LogP contribution in [0.5, 0.6) is 0 Å². The van der Waals surface area contributed by atoms with E-state index in [4.69, 9.17) is 0 Å². The lowest BCUT2D eigenvalue weighted by molar-refractivity contribution is 0.0697. The van der Waals surface area contributed by atoms with Gasteiger partial charge in [0, 0.05) is 37.1 Å². The van der Waals surface area contributed by atoms with Crippen LogP contribution < -0.4 is 5.32 Å². The van der Waals surface area contributed by atoms with Crippen molar-refractivity contribution in [2.75, 3.05) is 7.05 Å². The highest BCUT2D eigenvalue weighted by Crippen LogP contribution is 2.39. The maximum atomic E-state index is 12.8. The van der Waals surface area contributed by atoms with Gasteiger partial charge in [-0.3, -0.25) is 14.6 Å². The van der Waals surface area contributed by atoms with Crippen molar-refractivity contribution in [3.8, 4) is 22.6 Å². The minimum Gasteiger partial charge on any atom is -0.354 e. The quantitative estimate of drug-likeness (QED) is 0.667. The number of nitrogens with one attached hydrogen (secondary N) is 2. The second kappa shape index (κ2) is 7.34. The molecule has 1 aromatic carbocycles. The Morgan fingerprint density at radius 3 is 2.74 bits per heavy atom. The number of pyridine rings is 1. The van der Waals surface area contributed by atoms with E-state index in [0.29, 0.717) is 41.4 Å². The topological polar surface area (TPSA) is 91.0 Å². The van der Waals surface area contributed by atoms with Crippen molar-refractivity contribution in [3.63, 3.8) is 0 Å². The average molecular weight is 415 g/mol. The summed E-state index contributed by atoms with van der Waals surface area (Å²) in [5.41, 5.74) is 5.63. The van der Waals surface area contributed by atoms with E-state index in [1.54, 1.807) is 13.2 Å². The van der Waals surface area contributed by atoms with Crippen LogP contribution in [0, 0.1) is 12.8 Å². The molecule has 5 rings (SSSR count). The fraction of sp³-hybridized carbons (Fsp3) is 0.333. The van der Waals surface area contributed by atoms with Crippen LogP contribution in [0.3, 0.4) is 0 Å². The third kappa shape index (κ3) is 3.40. The molecule has 2 aliphatic rings. The van der Waals surface area contributed by atoms with E-state index in [1.807, 2.05) is 36.1 Å². The Kier molecular flexibility index (Phi) is 4.61. The normalized spacial score (nSPS) is 16.4. The first-order valence-electron chi connectivity index (χ1n) is 10.7. The lowest BCUT2D eigenvalue weighted by Gasteiger charge is -2.23. The van der Waals surface area contributed by atoms with Crippen molar-refractivity contribution in [1.29, 1.82) is 0 Å². The lowest BCUT2D eigenvalue weighted by Crippen LogP contribution is -2.34. The predicted octanol–water partition coefficient (Wildman–Crippen LogP) is 3.56. The number of aromatic amines is 1. The second-order valence-electron chi connectivity index (χ2n) is 8.45. The van der Waals surface area contributed by atoms with Gasteiger partial charge in [-0.1, -0.05) is 6.07 Å². The first kappa shape index (κ1) is 19.5. The Hall–Kier alpha value is -3.48. The van der Waals surface area contributed by atoms with E-state index in [0.717, 1.165) is 22.3 Å². The molecule has 1 atom stereocenters. The zero-order valence-electron chi connectivity index (χ0n) is 17.9. The number of aryl methyl sites for hydroxylation is 1. The van der Waals surface area contributed by atoms with Crippen LogP contribution in [0.4, 0.5) is 0 Å². The number of carbonyl (C=O) groups is 2. The van der Waals surface area contributed by atoms with Crippen molar-refractivity contribution < 1.29 is 9.59 Å². The molecule has 2 N–H and O–H groups in total. The summed E-state index contributed by atoms with van der Waals surface area (Å²) in [4.78, 5) is 38.8. The first-order chi connectivity index (χ1) is 15.0. The zero-order chi connectivity index (χ0) is 21.7. The van der Waals surface area contributed by atoms with Crippen molar-refractivity contribution in [3.05, 3.63) is 59.0 Å². The Labute approximate surface area is 180 Å². The number of hydrogen-bond donors (Lipinski definition) is 2. The molecule has 158 valence electrons. The molecular weight excluding hydrogens is 390 g/mol. The molecule has 7 heteroatoms. The number of rotatable bonds is 5. The van der Waals surface area contributed by atoms with Gasteiger partial charge in [-0.05, 0) is 73.6 Å². The zero-order valence-corrected chi connectivity index (χ0v) is 17.9. The molecule has 0 bridgehead atoms. The van der Waals surface area contributed by atoms with Gasteiger partial charge in [0.05, 0.1) is 0 Å². The molecule has 0 unspecified atom stereocenters. The van der Waals surface area contributed by atoms with Crippen LogP contribution in [0.2, 0.25) is 0 Å². The average Bonchev–Trinajstić information content (AvgIpc) is 3.50. The molecule has 31 heavy (non-hydrogen) atoms. The van der Waals surface area contributed by atoms with Gasteiger partial charge in [-0.25, -0.2) is 4.98 Å². The molecule has 0 saturated heterocycles. The molecule has 1 saturated carbocycles. The number of imidazole rings is 1. The number of amides is 2. The van der Waals surface area contributed by atoms with Gasteiger partial charge in [-0.2, -0.15) is 0 Å². The van der Waals surface area contributed by atoms with Gasteiger partial charge < -0.3 is 15.2 Å². The van der Waals surface area contributed by atoms with E-state index in [9.17, 15) is 9.59 Å². The summed E-state index contributed by atoms with van der Waals surface area (Å²) < 4.78 is 0. The number of carbonyl (C=O) groups excluding carboxylic acids is 2. The van der Waals surface area contributed by atoms with Gasteiger partial charge in [0.1, 0.15) is 11.4 Å². The predicted molar refractivity (Wildman–Crippen MR) is 117 cm³/mol. The highest BCUT2D eigenvalue weighted by molar-refractivity contribution is 5.99. The molecule has 0 spiro atoms. The van der Waals surface area contributed by atoms with E-state index >= 15 is 0 Å². The maximum Gasteiger partial charge on any atom is 0.271 e. The molecule has 1 fully saturated rings. The maximum absolute atomic E-state index is 12.8. The minimum absolute atomic E-state index is 0.143. The fourth-order valence-electron chi connectivity index (χ4n) is 4.35. The highest BCUT2D eigenvalue weighted by atomic mass is 16.2. The Bertz CT molecular complexity index is 1190. The largest absolute Gasteiger partial charge is 0.354 e. The molecule has 3 heterocycles. The smallest absolute Gasteiger partial charge is 0.271 e. The van der Waals surface area contributed by atoms with Crippen LogP contribution in [0.25, 0.3) is 22.6 Å². The summed E-state index contributed by atoms with van der Waals surface area (Å²) in [6.07, 6.45) is 4.18. The van der Waals surface area contributed by atoms with Crippen LogP contribution in [-0.2, 0) is 6.54 Å². The third-order valence-corrected chi connectivity index (χ3v) is 6.40. The number of benzene rings is 1. The highest BCUT2D eigenvalue weighted by Gasteiger charge is 2.38. The minimum atomic E-state index is -0.232. The Balaban J connectivity index is 1.45. The SMILES string of the molecule is CNC(=O)c1nc(-c2cc(-c3ccc4c(c3)CN([C@@H](C)C3CC3)C4=O)ccn2)[nH]c1C. The molecular formula is C24H25N5O2. The number of aromatic nitrogens is 3. The summed E-state index contributed by atoms with van der Waals surface area (Å²) >= 11 is 0. The summed E-state index contributed by atoms with van der Waals surface area (Å²) in [5.74, 6) is 1.12. The number of hydrogen-bond acceptors (Lipinski definition) is 4. The Morgan fingerprint density at radius 1 is 1.23 bits per heavy atom. The van der Waals surface area contributed by atoms with E-state index in [2.05, 4.69) is 33.3 Å². The molecule has 3 aromatic rings. The number of H-pyrrole nitrogens is 1. The van der Waals surface area contributed by atoms with Crippen LogP contribution >= 0.6 is 0 Å². The molecule has 2 aromatic heterocycles. The standard InChI is InChI=1S/C24H25N5O2/c1-13-21(23(30)25-3)28-22(27-13)20-11-17(8-9-26-20)16-6-7-19-18(10-16)12-29(24(19)31)14(2)15-4-5-15/h6-11,14-15H,4-5,12H2,1-3H3,(H,25,30)(H,27,28)/t14-/m0/s1. The molecule has 1 aliphatic carbocycles. The van der Waals surface area contributed by atoms with Gasteiger partial charge in [0.15, 0.2) is 5.82 Å². The molecule has 1 aliphatic heterocycles. The number of nitrogens with zero attached hydrogens (tertiary/aromatic N) is 3. The monoisotopic (exact) mass is 415 g/mol. The Morgan fingerprint density at radius 2 is 2.00 bits per heavy atom. The van der Waals surface area contributed by atoms with Crippen molar-refractivity contribution in [2.45, 2.75) is 39.3 Å². The summed E-state index contributed by atoms with van der Waals surface area (Å²) in [6.45, 7) is 4.65. The van der Waals surface area contributed by atoms with Crippen LogP contribution in [0.1, 0.15) is 51.9 Å². The fourth-order valence-corrected chi connectivity index (χ4v) is 4.35. The van der Waals surface area contributed by atoms with Crippen molar-refractivity contribution in [1.82, 2.24) is 25.2 Å². The molecule has 2 amide bonds. The van der Waals surface area contributed by atoms with Gasteiger partial charge in [-0.15, -0.1) is 0 Å². The first-order valence-corrected chi connectivity index (χ1v) is 10.7. The summed E-state index contributed by atoms with van der Waals surface area (Å²) in [7, 11) is 1.58.